The van der Waals surface area contributed by atoms with Crippen molar-refractivity contribution in [2.75, 3.05) is 0 Å². The number of halogens is 1. The maximum Gasteiger partial charge on any atom is 0.275 e. The summed E-state index contributed by atoms with van der Waals surface area (Å²) in [5, 5.41) is 14.1. The Morgan fingerprint density at radius 1 is 1.55 bits per heavy atom. The van der Waals surface area contributed by atoms with Gasteiger partial charge in [0.25, 0.3) is 5.69 Å². The number of rotatable bonds is 6. The molecule has 0 aliphatic heterocycles. The van der Waals surface area contributed by atoms with Gasteiger partial charge in [0.05, 0.1) is 10.5 Å². The molecule has 0 heterocycles. The van der Waals surface area contributed by atoms with Crippen molar-refractivity contribution in [3.05, 3.63) is 38.3 Å². The summed E-state index contributed by atoms with van der Waals surface area (Å²) in [7, 11) is 0. The summed E-state index contributed by atoms with van der Waals surface area (Å²) >= 11 is 3.20. The predicted molar refractivity (Wildman–Crippen MR) is 80.1 cm³/mol. The number of nitrogens with one attached hydrogen (secondary N) is 1. The normalized spacial score (nSPS) is 14.1. The molecule has 1 atom stereocenters. The van der Waals surface area contributed by atoms with Gasteiger partial charge in [0.2, 0.25) is 5.91 Å². The number of primary amides is 1. The summed E-state index contributed by atoms with van der Waals surface area (Å²) in [6.07, 6.45) is 0. The molecule has 0 radical (unpaired) electrons. The van der Waals surface area contributed by atoms with Crippen molar-refractivity contribution in [1.82, 2.24) is 5.32 Å². The Balaban J connectivity index is 3.00. The van der Waals surface area contributed by atoms with Crippen LogP contribution in [-0.4, -0.2) is 16.4 Å². The lowest BCUT2D eigenvalue weighted by atomic mass is 9.87. The van der Waals surface area contributed by atoms with Crippen LogP contribution >= 0.6 is 15.9 Å². The van der Waals surface area contributed by atoms with Crippen LogP contribution in [0.3, 0.4) is 0 Å². The second kappa shape index (κ2) is 6.32. The van der Waals surface area contributed by atoms with Crippen molar-refractivity contribution in [3.8, 4) is 0 Å². The van der Waals surface area contributed by atoms with Crippen LogP contribution in [0, 0.1) is 16.0 Å². The number of hydrogen-bond acceptors (Lipinski definition) is 4. The SMILES string of the molecule is CC(C)C(C)(NCc1ccc(Br)cc1[N+](=O)[O-])C(N)=O. The van der Waals surface area contributed by atoms with E-state index >= 15 is 0 Å². The minimum absolute atomic E-state index is 0.00227. The number of nitro benzene ring substituents is 1. The van der Waals surface area contributed by atoms with Crippen LogP contribution in [0.2, 0.25) is 0 Å². The molecule has 20 heavy (non-hydrogen) atoms. The fraction of sp³-hybridized carbons (Fsp3) is 0.462. The number of nitro groups is 1. The van der Waals surface area contributed by atoms with Crippen LogP contribution in [-0.2, 0) is 11.3 Å². The first-order chi connectivity index (χ1) is 9.18. The molecule has 1 unspecified atom stereocenters. The standard InChI is InChI=1S/C13H18BrN3O3/c1-8(2)13(3,12(15)18)16-7-9-4-5-10(14)6-11(9)17(19)20/h4-6,8,16H,7H2,1-3H3,(H2,15,18). The van der Waals surface area contributed by atoms with Crippen LogP contribution in [0.15, 0.2) is 22.7 Å². The van der Waals surface area contributed by atoms with Crippen LogP contribution in [0.1, 0.15) is 26.3 Å². The van der Waals surface area contributed by atoms with Gasteiger partial charge in [-0.3, -0.25) is 20.2 Å². The van der Waals surface area contributed by atoms with Gasteiger partial charge in [0, 0.05) is 22.6 Å². The van der Waals surface area contributed by atoms with Gasteiger partial charge >= 0.3 is 0 Å². The highest BCUT2D eigenvalue weighted by molar-refractivity contribution is 9.10. The summed E-state index contributed by atoms with van der Waals surface area (Å²) in [4.78, 5) is 22.2. The smallest absolute Gasteiger partial charge is 0.275 e. The Kier molecular flexibility index (Phi) is 5.24. The van der Waals surface area contributed by atoms with Gasteiger partial charge in [-0.2, -0.15) is 0 Å². The highest BCUT2D eigenvalue weighted by Gasteiger charge is 2.34. The zero-order valence-electron chi connectivity index (χ0n) is 11.6. The molecule has 1 rings (SSSR count). The van der Waals surface area contributed by atoms with Crippen LogP contribution in [0.5, 0.6) is 0 Å². The van der Waals surface area contributed by atoms with Crippen molar-refractivity contribution < 1.29 is 9.72 Å². The third-order valence-electron chi connectivity index (χ3n) is 3.56. The predicted octanol–water partition coefficient (Wildman–Crippen LogP) is 2.35. The Hall–Kier alpha value is -1.47. The van der Waals surface area contributed by atoms with Crippen LogP contribution in [0.4, 0.5) is 5.69 Å². The van der Waals surface area contributed by atoms with Gasteiger partial charge in [-0.1, -0.05) is 29.8 Å². The molecular formula is C13H18BrN3O3. The van der Waals surface area contributed by atoms with Gasteiger partial charge in [0.1, 0.15) is 0 Å². The first-order valence-corrected chi connectivity index (χ1v) is 6.95. The molecule has 0 aromatic heterocycles. The molecule has 6 nitrogen and oxygen atoms in total. The van der Waals surface area contributed by atoms with Crippen molar-refractivity contribution in [2.24, 2.45) is 11.7 Å². The number of carbonyl (C=O) groups is 1. The number of carbonyl (C=O) groups excluding carboxylic acids is 1. The Bertz CT molecular complexity index is 534. The van der Waals surface area contributed by atoms with E-state index < -0.39 is 16.4 Å². The van der Waals surface area contributed by atoms with E-state index in [1.807, 2.05) is 13.8 Å². The number of hydrogen-bond donors (Lipinski definition) is 2. The zero-order chi connectivity index (χ0) is 15.5. The number of nitrogens with two attached hydrogens (primary N) is 1. The molecule has 0 bridgehead atoms. The molecule has 1 aromatic carbocycles. The number of nitrogens with zero attached hydrogens (tertiary/aromatic N) is 1. The van der Waals surface area contributed by atoms with E-state index in [9.17, 15) is 14.9 Å². The monoisotopic (exact) mass is 343 g/mol. The van der Waals surface area contributed by atoms with E-state index in [-0.39, 0.29) is 18.2 Å². The van der Waals surface area contributed by atoms with E-state index in [0.717, 1.165) is 0 Å². The summed E-state index contributed by atoms with van der Waals surface area (Å²) in [6, 6.07) is 4.81. The molecule has 0 saturated carbocycles. The van der Waals surface area contributed by atoms with E-state index in [1.165, 1.54) is 6.07 Å². The van der Waals surface area contributed by atoms with E-state index in [4.69, 9.17) is 5.73 Å². The van der Waals surface area contributed by atoms with Gasteiger partial charge in [-0.05, 0) is 25.0 Å². The van der Waals surface area contributed by atoms with Crippen molar-refractivity contribution in [3.63, 3.8) is 0 Å². The van der Waals surface area contributed by atoms with Gasteiger partial charge < -0.3 is 5.73 Å². The van der Waals surface area contributed by atoms with Gasteiger partial charge in [-0.25, -0.2) is 0 Å². The Labute approximate surface area is 126 Å². The maximum absolute atomic E-state index is 11.6. The molecule has 0 aliphatic rings. The minimum Gasteiger partial charge on any atom is -0.368 e. The number of benzene rings is 1. The van der Waals surface area contributed by atoms with E-state index in [0.29, 0.717) is 10.0 Å². The molecule has 3 N–H and O–H groups in total. The van der Waals surface area contributed by atoms with Crippen molar-refractivity contribution >= 4 is 27.5 Å². The molecule has 1 amide bonds. The lowest BCUT2D eigenvalue weighted by Crippen LogP contribution is -2.56. The average Bonchev–Trinajstić information content (AvgIpc) is 2.36. The second-order valence-corrected chi connectivity index (χ2v) is 6.02. The molecular weight excluding hydrogens is 326 g/mol. The van der Waals surface area contributed by atoms with Crippen LogP contribution in [0.25, 0.3) is 0 Å². The molecule has 110 valence electrons. The average molecular weight is 344 g/mol. The largest absolute Gasteiger partial charge is 0.368 e. The first kappa shape index (κ1) is 16.6. The van der Waals surface area contributed by atoms with E-state index in [1.54, 1.807) is 19.1 Å². The zero-order valence-corrected chi connectivity index (χ0v) is 13.2. The summed E-state index contributed by atoms with van der Waals surface area (Å²) in [5.74, 6) is -0.512. The molecule has 0 spiro atoms. The Morgan fingerprint density at radius 2 is 2.15 bits per heavy atom. The van der Waals surface area contributed by atoms with Crippen molar-refractivity contribution in [2.45, 2.75) is 32.9 Å². The summed E-state index contributed by atoms with van der Waals surface area (Å²) < 4.78 is 0.634. The molecule has 1 aromatic rings. The number of amides is 1. The summed E-state index contributed by atoms with van der Waals surface area (Å²) in [5.41, 5.74) is 5.01. The third kappa shape index (κ3) is 3.55. The Morgan fingerprint density at radius 3 is 2.60 bits per heavy atom. The lowest BCUT2D eigenvalue weighted by Gasteiger charge is -2.31. The third-order valence-corrected chi connectivity index (χ3v) is 4.05. The first-order valence-electron chi connectivity index (χ1n) is 6.16. The summed E-state index contributed by atoms with van der Waals surface area (Å²) in [6.45, 7) is 5.63. The minimum atomic E-state index is -0.916. The van der Waals surface area contributed by atoms with Crippen LogP contribution < -0.4 is 11.1 Å². The highest BCUT2D eigenvalue weighted by atomic mass is 79.9. The molecule has 0 fully saturated rings. The fourth-order valence-electron chi connectivity index (χ4n) is 1.71. The van der Waals surface area contributed by atoms with Gasteiger partial charge in [-0.15, -0.1) is 0 Å². The molecule has 7 heteroatoms. The quantitative estimate of drug-likeness (QED) is 0.611. The van der Waals surface area contributed by atoms with Crippen molar-refractivity contribution in [1.29, 1.82) is 0 Å². The highest BCUT2D eigenvalue weighted by Crippen LogP contribution is 2.25. The lowest BCUT2D eigenvalue weighted by molar-refractivity contribution is -0.385. The topological polar surface area (TPSA) is 98.3 Å². The molecule has 0 aliphatic carbocycles. The second-order valence-electron chi connectivity index (χ2n) is 5.10. The maximum atomic E-state index is 11.6. The van der Waals surface area contributed by atoms with E-state index in [2.05, 4.69) is 21.2 Å². The molecule has 0 saturated heterocycles. The fourth-order valence-corrected chi connectivity index (χ4v) is 2.06. The van der Waals surface area contributed by atoms with Gasteiger partial charge in [0.15, 0.2) is 0 Å².